The van der Waals surface area contributed by atoms with E-state index in [0.717, 1.165) is 10.6 Å². The van der Waals surface area contributed by atoms with Crippen LogP contribution in [0.2, 0.25) is 0 Å². The van der Waals surface area contributed by atoms with Crippen molar-refractivity contribution in [1.82, 2.24) is 14.5 Å². The summed E-state index contributed by atoms with van der Waals surface area (Å²) in [4.78, 5) is 19.5. The third-order valence-electron chi connectivity index (χ3n) is 3.04. The van der Waals surface area contributed by atoms with E-state index < -0.39 is 17.3 Å². The van der Waals surface area contributed by atoms with E-state index in [1.807, 2.05) is 0 Å². The molecule has 0 aliphatic heterocycles. The number of hydrogen-bond acceptors (Lipinski definition) is 3. The van der Waals surface area contributed by atoms with E-state index >= 15 is 0 Å². The molecule has 7 heteroatoms. The highest BCUT2D eigenvalue weighted by molar-refractivity contribution is 5.62. The molecule has 2 rings (SSSR count). The maximum atomic E-state index is 12.9. The maximum absolute atomic E-state index is 12.9. The van der Waals surface area contributed by atoms with Crippen LogP contribution in [0, 0.1) is 6.92 Å². The van der Waals surface area contributed by atoms with Crippen LogP contribution in [-0.2, 0) is 12.7 Å². The quantitative estimate of drug-likeness (QED) is 0.851. The number of pyridine rings is 1. The van der Waals surface area contributed by atoms with Crippen LogP contribution >= 0.6 is 0 Å². The standard InChI is InChI=1S/C13H12F3N3O/c1-3-19-8(2)9(11-4-5-17-7-18-11)6-10(12(19)20)13(14,15)16/h4-7H,3H2,1-2H3. The van der Waals surface area contributed by atoms with Crippen molar-refractivity contribution in [3.05, 3.63) is 46.3 Å². The minimum atomic E-state index is -4.69. The number of halogens is 3. The highest BCUT2D eigenvalue weighted by atomic mass is 19.4. The van der Waals surface area contributed by atoms with Crippen molar-refractivity contribution in [3.63, 3.8) is 0 Å². The summed E-state index contributed by atoms with van der Waals surface area (Å²) < 4.78 is 39.9. The van der Waals surface area contributed by atoms with Crippen molar-refractivity contribution in [2.45, 2.75) is 26.6 Å². The summed E-state index contributed by atoms with van der Waals surface area (Å²) in [6.45, 7) is 3.38. The van der Waals surface area contributed by atoms with Crippen LogP contribution in [-0.4, -0.2) is 14.5 Å². The molecule has 0 amide bonds. The van der Waals surface area contributed by atoms with Gasteiger partial charge >= 0.3 is 6.18 Å². The van der Waals surface area contributed by atoms with Crippen LogP contribution < -0.4 is 5.56 Å². The van der Waals surface area contributed by atoms with E-state index in [1.54, 1.807) is 13.8 Å². The molecule has 0 radical (unpaired) electrons. The molecule has 0 saturated carbocycles. The summed E-state index contributed by atoms with van der Waals surface area (Å²) in [6.07, 6.45) is -2.00. The fraction of sp³-hybridized carbons (Fsp3) is 0.308. The van der Waals surface area contributed by atoms with Crippen molar-refractivity contribution in [2.24, 2.45) is 0 Å². The van der Waals surface area contributed by atoms with E-state index in [9.17, 15) is 18.0 Å². The van der Waals surface area contributed by atoms with Crippen LogP contribution in [0.4, 0.5) is 13.2 Å². The third kappa shape index (κ3) is 2.43. The van der Waals surface area contributed by atoms with Gasteiger partial charge in [-0.25, -0.2) is 9.97 Å². The van der Waals surface area contributed by atoms with Gasteiger partial charge in [0, 0.05) is 24.0 Å². The average Bonchev–Trinajstić information content (AvgIpc) is 2.39. The topological polar surface area (TPSA) is 47.8 Å². The van der Waals surface area contributed by atoms with Crippen molar-refractivity contribution >= 4 is 0 Å². The van der Waals surface area contributed by atoms with Gasteiger partial charge in [-0.15, -0.1) is 0 Å². The van der Waals surface area contributed by atoms with Crippen LogP contribution in [0.1, 0.15) is 18.2 Å². The van der Waals surface area contributed by atoms with Gasteiger partial charge in [-0.05, 0) is 26.0 Å². The summed E-state index contributed by atoms with van der Waals surface area (Å²) in [7, 11) is 0. The summed E-state index contributed by atoms with van der Waals surface area (Å²) in [5.74, 6) is 0. The molecule has 0 spiro atoms. The largest absolute Gasteiger partial charge is 0.421 e. The van der Waals surface area contributed by atoms with Crippen LogP contribution in [0.15, 0.2) is 29.5 Å². The normalized spacial score (nSPS) is 11.7. The molecule has 20 heavy (non-hydrogen) atoms. The molecule has 0 aliphatic rings. The van der Waals surface area contributed by atoms with Crippen LogP contribution in [0.25, 0.3) is 11.3 Å². The average molecular weight is 283 g/mol. The number of hydrogen-bond donors (Lipinski definition) is 0. The Balaban J connectivity index is 2.80. The van der Waals surface area contributed by atoms with Gasteiger partial charge in [0.15, 0.2) is 0 Å². The molecule has 2 aromatic heterocycles. The van der Waals surface area contributed by atoms with Gasteiger partial charge in [0.25, 0.3) is 5.56 Å². The second-order valence-corrected chi connectivity index (χ2v) is 4.20. The zero-order valence-electron chi connectivity index (χ0n) is 10.9. The van der Waals surface area contributed by atoms with Gasteiger partial charge < -0.3 is 4.57 Å². The monoisotopic (exact) mass is 283 g/mol. The van der Waals surface area contributed by atoms with E-state index in [-0.39, 0.29) is 12.1 Å². The Bertz CT molecular complexity index is 678. The fourth-order valence-electron chi connectivity index (χ4n) is 2.05. The lowest BCUT2D eigenvalue weighted by atomic mass is 10.1. The summed E-state index contributed by atoms with van der Waals surface area (Å²) in [6, 6.07) is 2.36. The van der Waals surface area contributed by atoms with E-state index in [1.165, 1.54) is 18.6 Å². The summed E-state index contributed by atoms with van der Waals surface area (Å²) >= 11 is 0. The molecular formula is C13H12F3N3O. The van der Waals surface area contributed by atoms with Gasteiger partial charge in [0.05, 0.1) is 5.69 Å². The fourth-order valence-corrected chi connectivity index (χ4v) is 2.05. The lowest BCUT2D eigenvalue weighted by Crippen LogP contribution is -2.30. The van der Waals surface area contributed by atoms with E-state index in [4.69, 9.17) is 0 Å². The first-order valence-corrected chi connectivity index (χ1v) is 5.94. The number of rotatable bonds is 2. The molecule has 0 fully saturated rings. The van der Waals surface area contributed by atoms with E-state index in [2.05, 4.69) is 9.97 Å². The Morgan fingerprint density at radius 2 is 2.05 bits per heavy atom. The Morgan fingerprint density at radius 3 is 2.55 bits per heavy atom. The Morgan fingerprint density at radius 1 is 1.35 bits per heavy atom. The van der Waals surface area contributed by atoms with Gasteiger partial charge in [-0.1, -0.05) is 0 Å². The first kappa shape index (κ1) is 14.2. The molecule has 4 nitrogen and oxygen atoms in total. The zero-order chi connectivity index (χ0) is 14.9. The van der Waals surface area contributed by atoms with Crippen molar-refractivity contribution in [2.75, 3.05) is 0 Å². The summed E-state index contributed by atoms with van der Waals surface area (Å²) in [5, 5.41) is 0. The first-order chi connectivity index (χ1) is 9.36. The molecule has 0 aromatic carbocycles. The lowest BCUT2D eigenvalue weighted by Gasteiger charge is -2.16. The van der Waals surface area contributed by atoms with Crippen LogP contribution in [0.3, 0.4) is 0 Å². The molecule has 0 unspecified atom stereocenters. The smallest absolute Gasteiger partial charge is 0.312 e. The predicted molar refractivity (Wildman–Crippen MR) is 67.1 cm³/mol. The first-order valence-electron chi connectivity index (χ1n) is 5.94. The summed E-state index contributed by atoms with van der Waals surface area (Å²) in [5.41, 5.74) is -1.13. The predicted octanol–water partition coefficient (Wildman–Crippen LogP) is 2.65. The van der Waals surface area contributed by atoms with Gasteiger partial charge in [0.1, 0.15) is 11.9 Å². The SMILES string of the molecule is CCn1c(C)c(-c2ccncn2)cc(C(F)(F)F)c1=O. The Labute approximate surface area is 112 Å². The molecule has 106 valence electrons. The van der Waals surface area contributed by atoms with Gasteiger partial charge in [-0.3, -0.25) is 4.79 Å². The van der Waals surface area contributed by atoms with E-state index in [0.29, 0.717) is 11.4 Å². The molecule has 0 saturated heterocycles. The maximum Gasteiger partial charge on any atom is 0.421 e. The minimum absolute atomic E-state index is 0.159. The molecule has 2 heterocycles. The zero-order valence-corrected chi connectivity index (χ0v) is 10.9. The number of aromatic nitrogens is 3. The molecule has 0 atom stereocenters. The van der Waals surface area contributed by atoms with Crippen LogP contribution in [0.5, 0.6) is 0 Å². The Hall–Kier alpha value is -2.18. The Kier molecular flexibility index (Phi) is 3.61. The second kappa shape index (κ2) is 5.07. The van der Waals surface area contributed by atoms with Gasteiger partial charge in [0.2, 0.25) is 0 Å². The van der Waals surface area contributed by atoms with Gasteiger partial charge in [-0.2, -0.15) is 13.2 Å². The molecule has 0 N–H and O–H groups in total. The molecule has 0 aliphatic carbocycles. The second-order valence-electron chi connectivity index (χ2n) is 4.20. The third-order valence-corrected chi connectivity index (χ3v) is 3.04. The molecule has 2 aromatic rings. The number of nitrogens with zero attached hydrogens (tertiary/aromatic N) is 3. The van der Waals surface area contributed by atoms with Crippen molar-refractivity contribution in [1.29, 1.82) is 0 Å². The highest BCUT2D eigenvalue weighted by Gasteiger charge is 2.35. The minimum Gasteiger partial charge on any atom is -0.312 e. The highest BCUT2D eigenvalue weighted by Crippen LogP contribution is 2.30. The van der Waals surface area contributed by atoms with Crippen molar-refractivity contribution < 1.29 is 13.2 Å². The molecular weight excluding hydrogens is 271 g/mol. The number of alkyl halides is 3. The lowest BCUT2D eigenvalue weighted by molar-refractivity contribution is -0.138. The molecule has 0 bridgehead atoms. The van der Waals surface area contributed by atoms with Crippen molar-refractivity contribution in [3.8, 4) is 11.3 Å².